The van der Waals surface area contributed by atoms with Crippen molar-refractivity contribution in [1.82, 2.24) is 4.98 Å². The number of hydrogen-bond donors (Lipinski definition) is 1. The topological polar surface area (TPSA) is 42.0 Å². The molecule has 0 unspecified atom stereocenters. The molecule has 1 N–H and O–H groups in total. The Bertz CT molecular complexity index is 917. The van der Waals surface area contributed by atoms with Gasteiger partial charge in [0.1, 0.15) is 5.82 Å². The Morgan fingerprint density at radius 2 is 1.79 bits per heavy atom. The molecule has 1 aromatic heterocycles. The van der Waals surface area contributed by atoms with Crippen molar-refractivity contribution in [2.75, 3.05) is 5.32 Å². The van der Waals surface area contributed by atoms with Crippen molar-refractivity contribution >= 4 is 22.4 Å². The maximum atomic E-state index is 13.3. The number of nitrogens with zero attached hydrogens (tertiary/aromatic N) is 1. The molecule has 0 saturated carbocycles. The molecule has 0 saturated heterocycles. The summed E-state index contributed by atoms with van der Waals surface area (Å²) in [5.74, 6) is -2.02. The van der Waals surface area contributed by atoms with Crippen LogP contribution in [0.15, 0.2) is 54.9 Å². The molecule has 3 aromatic rings. The van der Waals surface area contributed by atoms with Gasteiger partial charge in [0.05, 0.1) is 11.1 Å². The van der Waals surface area contributed by atoms with Crippen LogP contribution in [0, 0.1) is 5.82 Å². The molecular weight excluding hydrogens is 324 g/mol. The first-order valence-electron chi connectivity index (χ1n) is 6.87. The predicted molar refractivity (Wildman–Crippen MR) is 81.1 cm³/mol. The van der Waals surface area contributed by atoms with E-state index < -0.39 is 23.5 Å². The van der Waals surface area contributed by atoms with Gasteiger partial charge in [0, 0.05) is 23.5 Å². The first-order chi connectivity index (χ1) is 11.4. The number of rotatable bonds is 2. The number of halogens is 4. The lowest BCUT2D eigenvalue weighted by Crippen LogP contribution is -2.14. The summed E-state index contributed by atoms with van der Waals surface area (Å²) in [6.07, 6.45) is -1.94. The molecule has 7 heteroatoms. The van der Waals surface area contributed by atoms with E-state index in [1.165, 1.54) is 6.20 Å². The summed E-state index contributed by atoms with van der Waals surface area (Å²) in [6.45, 7) is 0. The van der Waals surface area contributed by atoms with E-state index in [1.54, 1.807) is 30.5 Å². The Morgan fingerprint density at radius 3 is 2.54 bits per heavy atom. The highest BCUT2D eigenvalue weighted by molar-refractivity contribution is 6.12. The Hall–Kier alpha value is -2.96. The van der Waals surface area contributed by atoms with Gasteiger partial charge in [-0.15, -0.1) is 0 Å². The fraction of sp³-hybridized carbons (Fsp3) is 0.0588. The zero-order chi connectivity index (χ0) is 17.3. The van der Waals surface area contributed by atoms with Crippen LogP contribution >= 0.6 is 0 Å². The molecule has 0 bridgehead atoms. The summed E-state index contributed by atoms with van der Waals surface area (Å²) in [7, 11) is 0. The molecule has 1 amide bonds. The third kappa shape index (κ3) is 3.05. The highest BCUT2D eigenvalue weighted by atomic mass is 19.4. The zero-order valence-electron chi connectivity index (χ0n) is 12.1. The summed E-state index contributed by atoms with van der Waals surface area (Å²) in [6, 6.07) is 9.28. The number of benzene rings is 2. The number of aromatic nitrogens is 1. The Labute approximate surface area is 133 Å². The molecule has 0 aliphatic rings. The van der Waals surface area contributed by atoms with E-state index in [0.717, 1.165) is 11.5 Å². The lowest BCUT2D eigenvalue weighted by Gasteiger charge is -2.11. The molecule has 0 radical (unpaired) electrons. The number of amides is 1. The molecule has 0 atom stereocenters. The van der Waals surface area contributed by atoms with Gasteiger partial charge in [-0.05, 0) is 23.6 Å². The van der Waals surface area contributed by atoms with Crippen molar-refractivity contribution < 1.29 is 22.4 Å². The number of carbonyl (C=O) groups is 1. The Balaban J connectivity index is 1.95. The number of alkyl halides is 3. The molecule has 0 spiro atoms. The van der Waals surface area contributed by atoms with Gasteiger partial charge in [0.15, 0.2) is 0 Å². The molecule has 3 rings (SSSR count). The SMILES string of the molecule is O=C(Nc1ccc(F)c(C(F)(F)F)c1)c1cncc2ccccc12. The molecule has 0 fully saturated rings. The van der Waals surface area contributed by atoms with Crippen LogP contribution < -0.4 is 5.32 Å². The van der Waals surface area contributed by atoms with Crippen molar-refractivity contribution in [3.05, 3.63) is 71.8 Å². The maximum absolute atomic E-state index is 13.3. The normalized spacial score (nSPS) is 11.5. The quantitative estimate of drug-likeness (QED) is 0.694. The molecule has 1 heterocycles. The second-order valence-corrected chi connectivity index (χ2v) is 5.05. The minimum absolute atomic E-state index is 0.151. The lowest BCUT2D eigenvalue weighted by atomic mass is 10.1. The van der Waals surface area contributed by atoms with E-state index in [9.17, 15) is 22.4 Å². The third-order valence-corrected chi connectivity index (χ3v) is 3.44. The number of fused-ring (bicyclic) bond motifs is 1. The summed E-state index contributed by atoms with van der Waals surface area (Å²) >= 11 is 0. The number of nitrogens with one attached hydrogen (secondary N) is 1. The Morgan fingerprint density at radius 1 is 1.04 bits per heavy atom. The van der Waals surface area contributed by atoms with Gasteiger partial charge < -0.3 is 5.32 Å². The minimum Gasteiger partial charge on any atom is -0.322 e. The Kier molecular flexibility index (Phi) is 3.92. The molecule has 24 heavy (non-hydrogen) atoms. The number of carbonyl (C=O) groups excluding carboxylic acids is 1. The van der Waals surface area contributed by atoms with E-state index >= 15 is 0 Å². The average molecular weight is 334 g/mol. The maximum Gasteiger partial charge on any atom is 0.419 e. The average Bonchev–Trinajstić information content (AvgIpc) is 2.55. The second-order valence-electron chi connectivity index (χ2n) is 5.05. The van der Waals surface area contributed by atoms with E-state index in [0.29, 0.717) is 17.5 Å². The van der Waals surface area contributed by atoms with Gasteiger partial charge in [-0.3, -0.25) is 9.78 Å². The van der Waals surface area contributed by atoms with E-state index in [2.05, 4.69) is 10.3 Å². The number of anilines is 1. The van der Waals surface area contributed by atoms with Gasteiger partial charge in [-0.25, -0.2) is 4.39 Å². The van der Waals surface area contributed by atoms with Gasteiger partial charge in [0.2, 0.25) is 0 Å². The van der Waals surface area contributed by atoms with Gasteiger partial charge in [0.25, 0.3) is 5.91 Å². The van der Waals surface area contributed by atoms with Crippen molar-refractivity contribution in [1.29, 1.82) is 0 Å². The van der Waals surface area contributed by atoms with Crippen molar-refractivity contribution in [3.8, 4) is 0 Å². The van der Waals surface area contributed by atoms with Gasteiger partial charge >= 0.3 is 6.18 Å². The highest BCUT2D eigenvalue weighted by Crippen LogP contribution is 2.33. The van der Waals surface area contributed by atoms with E-state index in [1.807, 2.05) is 0 Å². The van der Waals surface area contributed by atoms with Crippen LogP contribution in [0.25, 0.3) is 10.8 Å². The fourth-order valence-corrected chi connectivity index (χ4v) is 2.32. The first-order valence-corrected chi connectivity index (χ1v) is 6.87. The van der Waals surface area contributed by atoms with Crippen LogP contribution in [0.3, 0.4) is 0 Å². The molecule has 122 valence electrons. The molecular formula is C17H10F4N2O. The van der Waals surface area contributed by atoms with Crippen LogP contribution in [0.2, 0.25) is 0 Å². The van der Waals surface area contributed by atoms with Crippen LogP contribution in [-0.4, -0.2) is 10.9 Å². The van der Waals surface area contributed by atoms with Gasteiger partial charge in [-0.2, -0.15) is 13.2 Å². The van der Waals surface area contributed by atoms with Crippen LogP contribution in [-0.2, 0) is 6.18 Å². The van der Waals surface area contributed by atoms with Gasteiger partial charge in [-0.1, -0.05) is 24.3 Å². The molecule has 0 aliphatic carbocycles. The second kappa shape index (κ2) is 5.92. The van der Waals surface area contributed by atoms with E-state index in [-0.39, 0.29) is 11.3 Å². The van der Waals surface area contributed by atoms with Crippen LogP contribution in [0.5, 0.6) is 0 Å². The molecule has 3 nitrogen and oxygen atoms in total. The minimum atomic E-state index is -4.84. The summed E-state index contributed by atoms with van der Waals surface area (Å²) in [4.78, 5) is 16.3. The van der Waals surface area contributed by atoms with Crippen LogP contribution in [0.1, 0.15) is 15.9 Å². The number of hydrogen-bond acceptors (Lipinski definition) is 2. The predicted octanol–water partition coefficient (Wildman–Crippen LogP) is 4.65. The van der Waals surface area contributed by atoms with Crippen molar-refractivity contribution in [2.24, 2.45) is 0 Å². The smallest absolute Gasteiger partial charge is 0.322 e. The molecule has 0 aliphatic heterocycles. The summed E-state index contributed by atoms with van der Waals surface area (Å²) in [5.41, 5.74) is -1.37. The largest absolute Gasteiger partial charge is 0.419 e. The van der Waals surface area contributed by atoms with Crippen molar-refractivity contribution in [3.63, 3.8) is 0 Å². The third-order valence-electron chi connectivity index (χ3n) is 3.44. The zero-order valence-corrected chi connectivity index (χ0v) is 12.1. The first kappa shape index (κ1) is 15.9. The number of pyridine rings is 1. The molecule has 2 aromatic carbocycles. The summed E-state index contributed by atoms with van der Waals surface area (Å²) < 4.78 is 51.5. The highest BCUT2D eigenvalue weighted by Gasteiger charge is 2.34. The summed E-state index contributed by atoms with van der Waals surface area (Å²) in [5, 5.41) is 3.68. The van der Waals surface area contributed by atoms with Crippen molar-refractivity contribution in [2.45, 2.75) is 6.18 Å². The fourth-order valence-electron chi connectivity index (χ4n) is 2.32. The monoisotopic (exact) mass is 334 g/mol. The standard InChI is InChI=1S/C17H10F4N2O/c18-15-6-5-11(7-14(15)17(19,20)21)23-16(24)13-9-22-8-10-3-1-2-4-12(10)13/h1-9H,(H,23,24). The van der Waals surface area contributed by atoms with E-state index in [4.69, 9.17) is 0 Å². The van der Waals surface area contributed by atoms with Crippen LogP contribution in [0.4, 0.5) is 23.2 Å². The lowest BCUT2D eigenvalue weighted by molar-refractivity contribution is -0.139.